The van der Waals surface area contributed by atoms with Gasteiger partial charge in [-0.3, -0.25) is 14.4 Å². The number of likely N-dealkylation sites (tertiary alicyclic amines) is 1. The minimum Gasteiger partial charge on any atom is -0.461 e. The number of aliphatic hydroxyl groups is 1. The monoisotopic (exact) mass is 500 g/mol. The van der Waals surface area contributed by atoms with Gasteiger partial charge in [0, 0.05) is 25.7 Å². The molecule has 8 nitrogen and oxygen atoms in total. The molecular formula is C28H40N2O6. The topological polar surface area (TPSA) is 96.4 Å². The van der Waals surface area contributed by atoms with E-state index in [9.17, 15) is 14.4 Å². The van der Waals surface area contributed by atoms with E-state index in [1.54, 1.807) is 11.0 Å². The van der Waals surface area contributed by atoms with Crippen LogP contribution >= 0.6 is 0 Å². The first-order valence-corrected chi connectivity index (χ1v) is 13.9. The fourth-order valence-electron chi connectivity index (χ4n) is 7.32. The van der Waals surface area contributed by atoms with E-state index in [0.29, 0.717) is 19.5 Å². The van der Waals surface area contributed by atoms with E-state index >= 15 is 0 Å². The summed E-state index contributed by atoms with van der Waals surface area (Å²) in [7, 11) is 0. The number of unbranched alkanes of at least 4 members (excludes halogenated alkanes) is 3. The molecular weight excluding hydrogens is 460 g/mol. The van der Waals surface area contributed by atoms with Gasteiger partial charge in [-0.05, 0) is 38.2 Å². The van der Waals surface area contributed by atoms with Gasteiger partial charge in [0.1, 0.15) is 29.8 Å². The maximum Gasteiger partial charge on any atom is 0.313 e. The summed E-state index contributed by atoms with van der Waals surface area (Å²) in [6.07, 6.45) is 16.7. The fraction of sp³-hybridized carbons (Fsp3) is 0.750. The Bertz CT molecular complexity index is 927. The zero-order valence-electron chi connectivity index (χ0n) is 21.4. The molecule has 0 radical (unpaired) electrons. The van der Waals surface area contributed by atoms with Crippen molar-refractivity contribution in [3.8, 4) is 0 Å². The Kier molecular flexibility index (Phi) is 7.27. The highest BCUT2D eigenvalue weighted by molar-refractivity contribution is 5.99. The molecule has 1 unspecified atom stereocenters. The van der Waals surface area contributed by atoms with Crippen molar-refractivity contribution in [1.29, 1.82) is 0 Å². The standard InChI is InChI=1S/C28H40N2O6/c1-2-27-14-11-19-35-26(34)22(27)21-24(32)30(16-8-3-4-9-18-31)23-25(33)29(20-12-6-5-7-13-20)17-10-15-28(21,23)36-27/h10-11,14-15,20-23,31H,2-9,12-13,16-19H2,1H3/t21-,22-,23?,27+,28-/m0/s1. The number of rotatable bonds is 8. The molecule has 2 saturated heterocycles. The summed E-state index contributed by atoms with van der Waals surface area (Å²) in [5.74, 6) is -2.23. The van der Waals surface area contributed by atoms with Gasteiger partial charge in [0.2, 0.25) is 11.8 Å². The molecule has 0 aromatic rings. The highest BCUT2D eigenvalue weighted by atomic mass is 16.6. The third kappa shape index (κ3) is 4.01. The summed E-state index contributed by atoms with van der Waals surface area (Å²) in [4.78, 5) is 45.5. The Morgan fingerprint density at radius 2 is 1.75 bits per heavy atom. The summed E-state index contributed by atoms with van der Waals surface area (Å²) in [6.45, 7) is 3.21. The number of aliphatic hydroxyl groups excluding tert-OH is 1. The van der Waals surface area contributed by atoms with Crippen LogP contribution in [0.4, 0.5) is 0 Å². The van der Waals surface area contributed by atoms with Gasteiger partial charge in [0.05, 0.1) is 5.92 Å². The van der Waals surface area contributed by atoms with Crippen LogP contribution in [-0.4, -0.2) is 82.3 Å². The van der Waals surface area contributed by atoms with Crippen molar-refractivity contribution >= 4 is 17.8 Å². The van der Waals surface area contributed by atoms with E-state index in [4.69, 9.17) is 14.6 Å². The molecule has 3 fully saturated rings. The molecule has 8 heteroatoms. The number of amides is 2. The highest BCUT2D eigenvalue weighted by Crippen LogP contribution is 2.58. The molecule has 4 aliphatic heterocycles. The van der Waals surface area contributed by atoms with Crippen LogP contribution in [0, 0.1) is 11.8 Å². The molecule has 2 amide bonds. The third-order valence-electron chi connectivity index (χ3n) is 9.05. The van der Waals surface area contributed by atoms with Crippen molar-refractivity contribution in [3.63, 3.8) is 0 Å². The second-order valence-electron chi connectivity index (χ2n) is 11.0. The summed E-state index contributed by atoms with van der Waals surface area (Å²) in [6, 6.07) is -0.617. The van der Waals surface area contributed by atoms with Crippen LogP contribution in [0.2, 0.25) is 0 Å². The van der Waals surface area contributed by atoms with Crippen LogP contribution < -0.4 is 0 Å². The van der Waals surface area contributed by atoms with Gasteiger partial charge >= 0.3 is 5.97 Å². The van der Waals surface area contributed by atoms with Crippen molar-refractivity contribution in [2.24, 2.45) is 11.8 Å². The molecule has 36 heavy (non-hydrogen) atoms. The lowest BCUT2D eigenvalue weighted by atomic mass is 9.73. The SMILES string of the molecule is CC[C@@]12C=CCOC(=O)[C@@H]1[C@H]1C(=O)N(CCCCCCO)C3C(=O)N(C4CCCCC4)CC=C[C@@]31O2. The lowest BCUT2D eigenvalue weighted by Gasteiger charge is -2.40. The molecule has 0 aromatic carbocycles. The molecule has 1 saturated carbocycles. The third-order valence-corrected chi connectivity index (χ3v) is 9.05. The number of nitrogens with zero attached hydrogens (tertiary/aromatic N) is 2. The first-order valence-electron chi connectivity index (χ1n) is 13.9. The van der Waals surface area contributed by atoms with Gasteiger partial charge in [0.15, 0.2) is 0 Å². The van der Waals surface area contributed by atoms with Crippen LogP contribution in [0.1, 0.15) is 71.1 Å². The predicted octanol–water partition coefficient (Wildman–Crippen LogP) is 2.74. The average molecular weight is 501 g/mol. The van der Waals surface area contributed by atoms with Crippen LogP contribution in [0.5, 0.6) is 0 Å². The van der Waals surface area contributed by atoms with E-state index in [1.165, 1.54) is 6.42 Å². The normalized spacial score (nSPS) is 36.4. The Morgan fingerprint density at radius 3 is 2.50 bits per heavy atom. The van der Waals surface area contributed by atoms with E-state index in [0.717, 1.165) is 51.4 Å². The first kappa shape index (κ1) is 25.5. The van der Waals surface area contributed by atoms with Crippen LogP contribution in [0.25, 0.3) is 0 Å². The van der Waals surface area contributed by atoms with Gasteiger partial charge in [-0.2, -0.15) is 0 Å². The van der Waals surface area contributed by atoms with Crippen LogP contribution in [0.15, 0.2) is 24.3 Å². The highest BCUT2D eigenvalue weighted by Gasteiger charge is 2.75. The van der Waals surface area contributed by atoms with Crippen LogP contribution in [0.3, 0.4) is 0 Å². The van der Waals surface area contributed by atoms with Crippen molar-refractivity contribution in [2.45, 2.75) is 94.4 Å². The summed E-state index contributed by atoms with van der Waals surface area (Å²) in [5.41, 5.74) is -2.16. The number of hydrogen-bond donors (Lipinski definition) is 1. The largest absolute Gasteiger partial charge is 0.461 e. The smallest absolute Gasteiger partial charge is 0.313 e. The van der Waals surface area contributed by atoms with Crippen molar-refractivity contribution in [2.75, 3.05) is 26.3 Å². The minimum atomic E-state index is -1.19. The average Bonchev–Trinajstić information content (AvgIpc) is 3.16. The van der Waals surface area contributed by atoms with Gasteiger partial charge < -0.3 is 24.4 Å². The van der Waals surface area contributed by atoms with Gasteiger partial charge in [-0.15, -0.1) is 0 Å². The molecule has 0 bridgehead atoms. The van der Waals surface area contributed by atoms with Gasteiger partial charge in [-0.1, -0.05) is 57.3 Å². The number of cyclic esters (lactones) is 1. The molecule has 0 aromatic heterocycles. The Balaban J connectivity index is 1.53. The number of ether oxygens (including phenoxy) is 2. The molecule has 5 rings (SSSR count). The zero-order chi connectivity index (χ0) is 25.3. The summed E-state index contributed by atoms with van der Waals surface area (Å²) in [5, 5.41) is 9.12. The Morgan fingerprint density at radius 1 is 0.972 bits per heavy atom. The minimum absolute atomic E-state index is 0.0573. The fourth-order valence-corrected chi connectivity index (χ4v) is 7.32. The number of carbonyl (C=O) groups is 3. The summed E-state index contributed by atoms with van der Waals surface area (Å²) < 4.78 is 12.4. The molecule has 1 spiro atoms. The number of carbonyl (C=O) groups excluding carboxylic acids is 3. The quantitative estimate of drug-likeness (QED) is 0.313. The number of hydrogen-bond acceptors (Lipinski definition) is 6. The second kappa shape index (κ2) is 10.3. The van der Waals surface area contributed by atoms with Gasteiger partial charge in [-0.25, -0.2) is 0 Å². The molecule has 5 aliphatic rings. The van der Waals surface area contributed by atoms with E-state index < -0.39 is 35.0 Å². The first-order chi connectivity index (χ1) is 17.5. The van der Waals surface area contributed by atoms with Crippen molar-refractivity contribution in [3.05, 3.63) is 24.3 Å². The maximum absolute atomic E-state index is 14.3. The van der Waals surface area contributed by atoms with Crippen molar-refractivity contribution < 1.29 is 29.0 Å². The second-order valence-corrected chi connectivity index (χ2v) is 11.0. The lowest BCUT2D eigenvalue weighted by Crippen LogP contribution is -2.57. The maximum atomic E-state index is 14.3. The van der Waals surface area contributed by atoms with Gasteiger partial charge in [0.25, 0.3) is 0 Å². The number of esters is 1. The van der Waals surface area contributed by atoms with Crippen molar-refractivity contribution in [1.82, 2.24) is 9.80 Å². The molecule has 4 heterocycles. The summed E-state index contributed by atoms with van der Waals surface area (Å²) >= 11 is 0. The molecule has 1 aliphatic carbocycles. The molecule has 198 valence electrons. The zero-order valence-corrected chi connectivity index (χ0v) is 21.4. The van der Waals surface area contributed by atoms with Crippen LogP contribution in [-0.2, 0) is 23.9 Å². The van der Waals surface area contributed by atoms with E-state index in [1.807, 2.05) is 30.1 Å². The lowest BCUT2D eigenvalue weighted by molar-refractivity contribution is -0.160. The van der Waals surface area contributed by atoms with E-state index in [2.05, 4.69) is 0 Å². The molecule has 5 atom stereocenters. The van der Waals surface area contributed by atoms with E-state index in [-0.39, 0.29) is 31.1 Å². The number of fused-ring (bicyclic) bond motifs is 2. The Hall–Kier alpha value is -2.19. The Labute approximate surface area is 213 Å². The molecule has 1 N–H and O–H groups in total. The predicted molar refractivity (Wildman–Crippen MR) is 133 cm³/mol.